The van der Waals surface area contributed by atoms with Crippen LogP contribution in [0, 0.1) is 0 Å². The molecule has 2 nitrogen and oxygen atoms in total. The summed E-state index contributed by atoms with van der Waals surface area (Å²) >= 11 is 0. The molecule has 0 N–H and O–H groups in total. The number of thiol groups is 1. The molecule has 0 aliphatic heterocycles. The van der Waals surface area contributed by atoms with E-state index >= 15 is 0 Å². The molecule has 0 unspecified atom stereocenters. The van der Waals surface area contributed by atoms with Gasteiger partial charge in [-0.15, -0.1) is 0 Å². The molecule has 1 aliphatic rings. The third-order valence-electron chi connectivity index (χ3n) is 2.76. The summed E-state index contributed by atoms with van der Waals surface area (Å²) in [6.45, 7) is 3.88. The summed E-state index contributed by atoms with van der Waals surface area (Å²) in [6, 6.07) is 7.79. The molecule has 0 aromatic heterocycles. The SMILES string of the molecule is CC1(C)C([SH](=O)=O)=Cc2ccccc21. The zero-order chi connectivity index (χ0) is 10.3. The van der Waals surface area contributed by atoms with Gasteiger partial charge in [0.25, 0.3) is 0 Å². The van der Waals surface area contributed by atoms with Crippen molar-refractivity contribution in [2.24, 2.45) is 0 Å². The van der Waals surface area contributed by atoms with E-state index in [-0.39, 0.29) is 5.41 Å². The maximum absolute atomic E-state index is 11.1. The van der Waals surface area contributed by atoms with Gasteiger partial charge in [0.1, 0.15) is 0 Å². The highest BCUT2D eigenvalue weighted by Crippen LogP contribution is 2.41. The van der Waals surface area contributed by atoms with Gasteiger partial charge >= 0.3 is 0 Å². The number of allylic oxidation sites excluding steroid dienone is 1. The summed E-state index contributed by atoms with van der Waals surface area (Å²) < 4.78 is 22.1. The van der Waals surface area contributed by atoms with Gasteiger partial charge in [-0.3, -0.25) is 0 Å². The van der Waals surface area contributed by atoms with E-state index in [4.69, 9.17) is 0 Å². The number of hydrogen-bond acceptors (Lipinski definition) is 2. The fourth-order valence-corrected chi connectivity index (χ4v) is 2.76. The number of hydrogen-bond donors (Lipinski definition) is 1. The van der Waals surface area contributed by atoms with Gasteiger partial charge in [-0.2, -0.15) is 0 Å². The molecule has 1 aromatic carbocycles. The molecule has 0 fully saturated rings. The van der Waals surface area contributed by atoms with Crippen LogP contribution in [0.25, 0.3) is 6.08 Å². The van der Waals surface area contributed by atoms with Crippen LogP contribution in [0.2, 0.25) is 0 Å². The Labute approximate surface area is 85.2 Å². The molecule has 0 saturated carbocycles. The van der Waals surface area contributed by atoms with Gasteiger partial charge in [0, 0.05) is 5.41 Å². The maximum atomic E-state index is 11.1. The second kappa shape index (κ2) is 2.95. The standard InChI is InChI=1S/C11H12O2S/c1-11(2)9-6-4-3-5-8(9)7-10(11)14(12)13/h3-7,14H,1-2H3. The summed E-state index contributed by atoms with van der Waals surface area (Å²) in [5.41, 5.74) is 1.74. The van der Waals surface area contributed by atoms with Crippen LogP contribution in [-0.4, -0.2) is 8.42 Å². The van der Waals surface area contributed by atoms with E-state index in [0.717, 1.165) is 11.1 Å². The minimum Gasteiger partial charge on any atom is -0.227 e. The summed E-state index contributed by atoms with van der Waals surface area (Å²) in [4.78, 5) is 0.508. The van der Waals surface area contributed by atoms with Gasteiger partial charge in [-0.05, 0) is 17.2 Å². The summed E-state index contributed by atoms with van der Waals surface area (Å²) in [5.74, 6) is 0. The first-order valence-corrected chi connectivity index (χ1v) is 5.67. The van der Waals surface area contributed by atoms with Crippen LogP contribution >= 0.6 is 0 Å². The minimum absolute atomic E-state index is 0.369. The Bertz CT molecular complexity index is 474. The molecular formula is C11H12O2S. The van der Waals surface area contributed by atoms with E-state index in [1.54, 1.807) is 6.08 Å². The predicted octanol–water partition coefficient (Wildman–Crippen LogP) is 1.93. The molecule has 14 heavy (non-hydrogen) atoms. The van der Waals surface area contributed by atoms with Crippen LogP contribution < -0.4 is 0 Å². The van der Waals surface area contributed by atoms with Crippen molar-refractivity contribution in [1.82, 2.24) is 0 Å². The molecule has 0 heterocycles. The Hall–Kier alpha value is -1.09. The molecule has 1 aromatic rings. The Balaban J connectivity index is 2.67. The molecule has 0 saturated heterocycles. The normalized spacial score (nSPS) is 18.1. The summed E-state index contributed by atoms with van der Waals surface area (Å²) in [7, 11) is -2.47. The third-order valence-corrected chi connectivity index (χ3v) is 3.84. The van der Waals surface area contributed by atoms with Crippen molar-refractivity contribution >= 4 is 16.8 Å². The number of benzene rings is 1. The largest absolute Gasteiger partial charge is 0.227 e. The van der Waals surface area contributed by atoms with Crippen molar-refractivity contribution < 1.29 is 8.42 Å². The molecule has 0 atom stereocenters. The Morgan fingerprint density at radius 2 is 1.79 bits per heavy atom. The summed E-state index contributed by atoms with van der Waals surface area (Å²) in [5, 5.41) is 0. The van der Waals surface area contributed by atoms with Gasteiger partial charge in [-0.1, -0.05) is 38.1 Å². The molecule has 74 valence electrons. The van der Waals surface area contributed by atoms with E-state index < -0.39 is 10.7 Å². The smallest absolute Gasteiger partial charge is 0.165 e. The average Bonchev–Trinajstić information content (AvgIpc) is 2.39. The minimum atomic E-state index is -2.47. The molecule has 0 amide bonds. The Morgan fingerprint density at radius 1 is 1.14 bits per heavy atom. The molecule has 0 bridgehead atoms. The highest BCUT2D eigenvalue weighted by molar-refractivity contribution is 7.77. The van der Waals surface area contributed by atoms with Crippen LogP contribution in [-0.2, 0) is 16.1 Å². The molecule has 0 radical (unpaired) electrons. The van der Waals surface area contributed by atoms with E-state index in [9.17, 15) is 8.42 Å². The fraction of sp³-hybridized carbons (Fsp3) is 0.273. The zero-order valence-electron chi connectivity index (χ0n) is 8.15. The average molecular weight is 208 g/mol. The topological polar surface area (TPSA) is 34.1 Å². The summed E-state index contributed by atoms with van der Waals surface area (Å²) in [6.07, 6.45) is 1.76. The third kappa shape index (κ3) is 1.20. The lowest BCUT2D eigenvalue weighted by atomic mass is 9.87. The Morgan fingerprint density at radius 3 is 2.36 bits per heavy atom. The maximum Gasteiger partial charge on any atom is 0.165 e. The first-order valence-electron chi connectivity index (χ1n) is 4.49. The van der Waals surface area contributed by atoms with Gasteiger partial charge in [0.2, 0.25) is 0 Å². The second-order valence-electron chi connectivity index (χ2n) is 4.00. The van der Waals surface area contributed by atoms with Crippen LogP contribution in [0.15, 0.2) is 29.2 Å². The van der Waals surface area contributed by atoms with Gasteiger partial charge in [0.15, 0.2) is 10.7 Å². The van der Waals surface area contributed by atoms with Crippen molar-refractivity contribution in [2.75, 3.05) is 0 Å². The van der Waals surface area contributed by atoms with Crippen LogP contribution in [0.4, 0.5) is 0 Å². The van der Waals surface area contributed by atoms with E-state index in [2.05, 4.69) is 0 Å². The van der Waals surface area contributed by atoms with Crippen LogP contribution in [0.1, 0.15) is 25.0 Å². The quantitative estimate of drug-likeness (QED) is 0.715. The number of fused-ring (bicyclic) bond motifs is 1. The van der Waals surface area contributed by atoms with Gasteiger partial charge in [-0.25, -0.2) is 8.42 Å². The van der Waals surface area contributed by atoms with Crippen LogP contribution in [0.3, 0.4) is 0 Å². The molecule has 2 rings (SSSR count). The molecular weight excluding hydrogens is 196 g/mol. The van der Waals surface area contributed by atoms with Gasteiger partial charge < -0.3 is 0 Å². The number of rotatable bonds is 1. The fourth-order valence-electron chi connectivity index (χ4n) is 1.94. The van der Waals surface area contributed by atoms with Crippen LogP contribution in [0.5, 0.6) is 0 Å². The monoisotopic (exact) mass is 208 g/mol. The highest BCUT2D eigenvalue weighted by atomic mass is 32.2. The zero-order valence-corrected chi connectivity index (χ0v) is 9.04. The lowest BCUT2D eigenvalue weighted by Gasteiger charge is -2.20. The van der Waals surface area contributed by atoms with Crippen molar-refractivity contribution in [3.05, 3.63) is 40.3 Å². The first-order chi connectivity index (χ1) is 6.53. The molecule has 3 heteroatoms. The van der Waals surface area contributed by atoms with Crippen molar-refractivity contribution in [3.63, 3.8) is 0 Å². The molecule has 1 aliphatic carbocycles. The van der Waals surface area contributed by atoms with E-state index in [1.807, 2.05) is 38.1 Å². The first kappa shape index (κ1) is 9.46. The van der Waals surface area contributed by atoms with E-state index in [0.29, 0.717) is 4.91 Å². The lowest BCUT2D eigenvalue weighted by molar-refractivity contribution is 0.601. The van der Waals surface area contributed by atoms with Crippen molar-refractivity contribution in [1.29, 1.82) is 0 Å². The van der Waals surface area contributed by atoms with Gasteiger partial charge in [0.05, 0.1) is 4.91 Å². The van der Waals surface area contributed by atoms with Crippen molar-refractivity contribution in [2.45, 2.75) is 19.3 Å². The second-order valence-corrected chi connectivity index (χ2v) is 4.99. The lowest BCUT2D eigenvalue weighted by Crippen LogP contribution is -2.17. The van der Waals surface area contributed by atoms with Crippen molar-refractivity contribution in [3.8, 4) is 0 Å². The van der Waals surface area contributed by atoms with E-state index in [1.165, 1.54) is 0 Å². The highest BCUT2D eigenvalue weighted by Gasteiger charge is 2.34. The predicted molar refractivity (Wildman–Crippen MR) is 57.8 cm³/mol. The Kier molecular flexibility index (Phi) is 2.00. The molecule has 0 spiro atoms.